The van der Waals surface area contributed by atoms with Gasteiger partial charge in [0.25, 0.3) is 0 Å². The average molecular weight is 424 g/mol. The second-order valence-corrected chi connectivity index (χ2v) is 8.67. The summed E-state index contributed by atoms with van der Waals surface area (Å²) in [6, 6.07) is 2.17. The number of anilines is 2. The van der Waals surface area contributed by atoms with Crippen LogP contribution in [0.15, 0.2) is 30.9 Å². The Hall–Kier alpha value is -2.74. The highest BCUT2D eigenvalue weighted by Crippen LogP contribution is 2.29. The number of aromatic nitrogens is 6. The first kappa shape index (κ1) is 20.5. The van der Waals surface area contributed by atoms with Gasteiger partial charge in [-0.2, -0.15) is 9.47 Å². The Morgan fingerprint density at radius 3 is 2.87 bits per heavy atom. The molecule has 0 saturated carbocycles. The summed E-state index contributed by atoms with van der Waals surface area (Å²) in [7, 11) is 0. The fourth-order valence-electron chi connectivity index (χ4n) is 3.93. The van der Waals surface area contributed by atoms with Gasteiger partial charge in [-0.3, -0.25) is 9.50 Å². The fraction of sp³-hybridized carbons (Fsp3) is 0.455. The van der Waals surface area contributed by atoms with Crippen LogP contribution < -0.4 is 5.32 Å². The van der Waals surface area contributed by atoms with Crippen LogP contribution >= 0.6 is 11.5 Å². The number of nitrogens with one attached hydrogen (secondary N) is 2. The van der Waals surface area contributed by atoms with E-state index >= 15 is 0 Å². The third-order valence-corrected chi connectivity index (χ3v) is 6.11. The van der Waals surface area contributed by atoms with Crippen molar-refractivity contribution in [1.29, 1.82) is 0 Å². The molecule has 4 heterocycles. The lowest BCUT2D eigenvalue weighted by Crippen LogP contribution is -2.04. The number of hydrogen-bond donors (Lipinski definition) is 2. The monoisotopic (exact) mass is 423 g/mol. The standard InChI is InChI=1S/C22H29N7S/c1-4-6-8-16(7-5-2)9-18-10-20(30-28-18)27-21-22-23-13-19(17-11-24-25-12-17)29(22)14-15(3)26-21/h10-14,16H,4-9H2,1-3H3,(H,24,25)(H,26,27). The molecule has 0 saturated heterocycles. The van der Waals surface area contributed by atoms with E-state index in [4.69, 9.17) is 9.36 Å². The lowest BCUT2D eigenvalue weighted by Gasteiger charge is -2.13. The van der Waals surface area contributed by atoms with Gasteiger partial charge in [-0.1, -0.05) is 46.0 Å². The van der Waals surface area contributed by atoms with Crippen molar-refractivity contribution in [2.75, 3.05) is 5.32 Å². The number of hydrogen-bond acceptors (Lipinski definition) is 6. The summed E-state index contributed by atoms with van der Waals surface area (Å²) >= 11 is 1.49. The third kappa shape index (κ3) is 4.53. The Labute approximate surface area is 181 Å². The molecule has 4 aromatic heterocycles. The molecule has 0 spiro atoms. The quantitative estimate of drug-likeness (QED) is 0.338. The number of H-pyrrole nitrogens is 1. The van der Waals surface area contributed by atoms with E-state index in [1.807, 2.05) is 25.5 Å². The van der Waals surface area contributed by atoms with Gasteiger partial charge in [0.1, 0.15) is 5.00 Å². The average Bonchev–Trinajstić information content (AvgIpc) is 3.47. The van der Waals surface area contributed by atoms with E-state index in [1.54, 1.807) is 6.20 Å². The summed E-state index contributed by atoms with van der Waals surface area (Å²) < 4.78 is 6.76. The molecule has 0 amide bonds. The summed E-state index contributed by atoms with van der Waals surface area (Å²) in [5.41, 5.74) is 4.85. The van der Waals surface area contributed by atoms with Crippen LogP contribution in [0, 0.1) is 12.8 Å². The second kappa shape index (κ2) is 9.38. The van der Waals surface area contributed by atoms with Gasteiger partial charge in [0.15, 0.2) is 11.5 Å². The van der Waals surface area contributed by atoms with Gasteiger partial charge in [0, 0.05) is 18.0 Å². The summed E-state index contributed by atoms with van der Waals surface area (Å²) in [6.45, 7) is 6.52. The molecule has 0 fully saturated rings. The Bertz CT molecular complexity index is 1080. The lowest BCUT2D eigenvalue weighted by atomic mass is 9.92. The van der Waals surface area contributed by atoms with Crippen molar-refractivity contribution in [3.63, 3.8) is 0 Å². The van der Waals surface area contributed by atoms with E-state index in [0.29, 0.717) is 0 Å². The summed E-state index contributed by atoms with van der Waals surface area (Å²) in [4.78, 5) is 9.30. The maximum atomic E-state index is 4.70. The highest BCUT2D eigenvalue weighted by atomic mass is 32.1. The van der Waals surface area contributed by atoms with E-state index in [0.717, 1.165) is 45.8 Å². The van der Waals surface area contributed by atoms with Crippen molar-refractivity contribution in [3.8, 4) is 11.3 Å². The molecule has 158 valence electrons. The predicted octanol–water partition coefficient (Wildman–Crippen LogP) is 5.78. The maximum absolute atomic E-state index is 4.70. The molecule has 0 bridgehead atoms. The maximum Gasteiger partial charge on any atom is 0.180 e. The summed E-state index contributed by atoms with van der Waals surface area (Å²) in [6.07, 6.45) is 14.9. The molecule has 8 heteroatoms. The predicted molar refractivity (Wildman–Crippen MR) is 122 cm³/mol. The van der Waals surface area contributed by atoms with Crippen LogP contribution in [0.1, 0.15) is 57.3 Å². The number of rotatable bonds is 10. The zero-order valence-electron chi connectivity index (χ0n) is 17.9. The van der Waals surface area contributed by atoms with E-state index in [1.165, 1.54) is 49.3 Å². The highest BCUT2D eigenvalue weighted by molar-refractivity contribution is 7.10. The minimum absolute atomic E-state index is 0.721. The lowest BCUT2D eigenvalue weighted by molar-refractivity contribution is 0.424. The van der Waals surface area contributed by atoms with E-state index < -0.39 is 0 Å². The molecule has 30 heavy (non-hydrogen) atoms. The third-order valence-electron chi connectivity index (χ3n) is 5.37. The Morgan fingerprint density at radius 1 is 1.20 bits per heavy atom. The molecule has 7 nitrogen and oxygen atoms in total. The first-order valence-corrected chi connectivity index (χ1v) is 11.5. The number of nitrogens with zero attached hydrogens (tertiary/aromatic N) is 5. The van der Waals surface area contributed by atoms with Crippen molar-refractivity contribution in [1.82, 2.24) is 28.9 Å². The van der Waals surface area contributed by atoms with Gasteiger partial charge in [-0.05, 0) is 36.9 Å². The van der Waals surface area contributed by atoms with E-state index in [-0.39, 0.29) is 0 Å². The molecule has 4 rings (SSSR count). The van der Waals surface area contributed by atoms with Crippen molar-refractivity contribution in [2.24, 2.45) is 5.92 Å². The minimum atomic E-state index is 0.721. The second-order valence-electron chi connectivity index (χ2n) is 7.86. The van der Waals surface area contributed by atoms with Gasteiger partial charge >= 0.3 is 0 Å². The molecule has 0 aromatic carbocycles. The van der Waals surface area contributed by atoms with Crippen LogP contribution in [0.2, 0.25) is 0 Å². The zero-order chi connectivity index (χ0) is 20.9. The molecule has 0 radical (unpaired) electrons. The molecule has 1 unspecified atom stereocenters. The topological polar surface area (TPSA) is 83.8 Å². The van der Waals surface area contributed by atoms with Gasteiger partial charge in [-0.25, -0.2) is 9.97 Å². The number of aryl methyl sites for hydroxylation is 1. The largest absolute Gasteiger partial charge is 0.328 e. The van der Waals surface area contributed by atoms with Gasteiger partial charge in [0.05, 0.1) is 29.5 Å². The Morgan fingerprint density at radius 2 is 2.10 bits per heavy atom. The number of imidazole rings is 1. The van der Waals surface area contributed by atoms with Crippen molar-refractivity contribution >= 4 is 28.0 Å². The number of aromatic amines is 1. The molecule has 4 aromatic rings. The summed E-state index contributed by atoms with van der Waals surface area (Å²) in [5.74, 6) is 1.47. The number of unbranched alkanes of at least 4 members (excludes halogenated alkanes) is 1. The molecule has 1 atom stereocenters. The first-order chi connectivity index (χ1) is 14.7. The molecule has 0 aliphatic heterocycles. The highest BCUT2D eigenvalue weighted by Gasteiger charge is 2.15. The van der Waals surface area contributed by atoms with Gasteiger partial charge in [-0.15, -0.1) is 0 Å². The Balaban J connectivity index is 1.55. The van der Waals surface area contributed by atoms with Crippen molar-refractivity contribution in [3.05, 3.63) is 42.2 Å². The zero-order valence-corrected chi connectivity index (χ0v) is 18.7. The van der Waals surface area contributed by atoms with Crippen LogP contribution in [-0.4, -0.2) is 28.9 Å². The first-order valence-electron chi connectivity index (χ1n) is 10.7. The Kier molecular flexibility index (Phi) is 6.42. The smallest absolute Gasteiger partial charge is 0.180 e. The number of fused-ring (bicyclic) bond motifs is 1. The van der Waals surface area contributed by atoms with Crippen LogP contribution in [0.5, 0.6) is 0 Å². The van der Waals surface area contributed by atoms with Crippen LogP contribution in [0.4, 0.5) is 10.8 Å². The molecule has 0 aliphatic rings. The minimum Gasteiger partial charge on any atom is -0.328 e. The molecule has 0 aliphatic carbocycles. The van der Waals surface area contributed by atoms with Crippen LogP contribution in [-0.2, 0) is 6.42 Å². The van der Waals surface area contributed by atoms with Crippen LogP contribution in [0.25, 0.3) is 16.9 Å². The normalized spacial score (nSPS) is 12.5. The SMILES string of the molecule is CCCCC(CCC)Cc1cc(Nc2nc(C)cn3c(-c4cn[nH]c4)cnc23)sn1. The van der Waals surface area contributed by atoms with Gasteiger partial charge in [0.2, 0.25) is 0 Å². The fourth-order valence-corrected chi connectivity index (χ4v) is 4.60. The van der Waals surface area contributed by atoms with Gasteiger partial charge < -0.3 is 5.32 Å². The molecule has 2 N–H and O–H groups in total. The molecular weight excluding hydrogens is 394 g/mol. The van der Waals surface area contributed by atoms with Crippen molar-refractivity contribution < 1.29 is 0 Å². The summed E-state index contributed by atoms with van der Waals surface area (Å²) in [5, 5.41) is 11.4. The van der Waals surface area contributed by atoms with E-state index in [2.05, 4.69) is 44.8 Å². The molecular formula is C22H29N7S. The van der Waals surface area contributed by atoms with Crippen LogP contribution in [0.3, 0.4) is 0 Å². The van der Waals surface area contributed by atoms with Crippen molar-refractivity contribution in [2.45, 2.75) is 59.3 Å². The van der Waals surface area contributed by atoms with E-state index in [9.17, 15) is 0 Å².